The Kier molecular flexibility index (Phi) is 6.44. The van der Waals surface area contributed by atoms with Crippen molar-refractivity contribution in [3.8, 4) is 11.4 Å². The maximum Gasteiger partial charge on any atom is 0.273 e. The summed E-state index contributed by atoms with van der Waals surface area (Å²) >= 11 is 0. The number of hydrogen-bond donors (Lipinski definition) is 2. The number of nitrogens with zero attached hydrogens (tertiary/aromatic N) is 2. The number of benzene rings is 2. The summed E-state index contributed by atoms with van der Waals surface area (Å²) in [6.45, 7) is 0. The molecule has 7 nitrogen and oxygen atoms in total. The summed E-state index contributed by atoms with van der Waals surface area (Å²) in [7, 11) is 0. The average molecular weight is 475 g/mol. The normalized spacial score (nSPS) is 22.1. The predicted molar refractivity (Wildman–Crippen MR) is 129 cm³/mol. The second kappa shape index (κ2) is 9.82. The van der Waals surface area contributed by atoms with Crippen LogP contribution in [-0.4, -0.2) is 44.8 Å². The van der Waals surface area contributed by atoms with E-state index in [1.165, 1.54) is 12.1 Å². The van der Waals surface area contributed by atoms with E-state index in [4.69, 9.17) is 0 Å². The molecule has 2 aromatic carbocycles. The molecule has 2 aliphatic heterocycles. The van der Waals surface area contributed by atoms with Gasteiger partial charge in [-0.3, -0.25) is 14.4 Å². The number of nitrogens with one attached hydrogen (secondary N) is 2. The van der Waals surface area contributed by atoms with Crippen LogP contribution in [0.5, 0.6) is 0 Å². The topological polar surface area (TPSA) is 95.2 Å². The molecule has 8 heteroatoms. The number of aromatic amines is 1. The van der Waals surface area contributed by atoms with Gasteiger partial charge in [0.25, 0.3) is 11.5 Å². The standard InChI is InChI=1S/C27H27FN4O3/c28-20-11-5-4-10-18(20)14-19-15-21-23(12-6-7-13-24(33)29-21)32(19)27(35)22-16-25(34)31-26(30-22)17-8-2-1-3-9-17/h1-5,8-11,16,19,21,23H,6-7,12-15H2,(H,29,33)(H,30,31,34)/t19-,21+,23-/m0/s1. The van der Waals surface area contributed by atoms with Gasteiger partial charge in [-0.1, -0.05) is 55.0 Å². The molecule has 35 heavy (non-hydrogen) atoms. The molecule has 2 aliphatic rings. The van der Waals surface area contributed by atoms with Gasteiger partial charge in [0.15, 0.2) is 0 Å². The minimum Gasteiger partial charge on any atom is -0.351 e. The quantitative estimate of drug-likeness (QED) is 0.606. The molecular formula is C27H27FN4O3. The van der Waals surface area contributed by atoms with Crippen LogP contribution in [0.4, 0.5) is 4.39 Å². The lowest BCUT2D eigenvalue weighted by molar-refractivity contribution is -0.122. The maximum absolute atomic E-state index is 14.5. The third-order valence-corrected chi connectivity index (χ3v) is 6.90. The number of amides is 2. The molecule has 2 N–H and O–H groups in total. The molecule has 3 heterocycles. The zero-order valence-corrected chi connectivity index (χ0v) is 19.2. The molecule has 3 atom stereocenters. The lowest BCUT2D eigenvalue weighted by atomic mass is 9.97. The van der Waals surface area contributed by atoms with Crippen LogP contribution in [0.3, 0.4) is 0 Å². The van der Waals surface area contributed by atoms with E-state index < -0.39 is 5.56 Å². The van der Waals surface area contributed by atoms with Crippen molar-refractivity contribution < 1.29 is 14.0 Å². The minimum absolute atomic E-state index is 0.0284. The second-order valence-electron chi connectivity index (χ2n) is 9.23. The van der Waals surface area contributed by atoms with Gasteiger partial charge in [-0.05, 0) is 37.3 Å². The van der Waals surface area contributed by atoms with E-state index in [1.807, 2.05) is 30.3 Å². The summed E-state index contributed by atoms with van der Waals surface area (Å²) in [4.78, 5) is 47.7. The molecular weight excluding hydrogens is 447 g/mol. The molecule has 0 aliphatic carbocycles. The van der Waals surface area contributed by atoms with Crippen LogP contribution in [0.1, 0.15) is 48.2 Å². The largest absolute Gasteiger partial charge is 0.351 e. The monoisotopic (exact) mass is 474 g/mol. The summed E-state index contributed by atoms with van der Waals surface area (Å²) in [6.07, 6.45) is 3.57. The molecule has 0 spiro atoms. The fraction of sp³-hybridized carbons (Fsp3) is 0.333. The molecule has 0 unspecified atom stereocenters. The number of rotatable bonds is 4. The Morgan fingerprint density at radius 3 is 2.63 bits per heavy atom. The Balaban J connectivity index is 1.52. The lowest BCUT2D eigenvalue weighted by Gasteiger charge is -2.33. The molecule has 2 saturated heterocycles. The highest BCUT2D eigenvalue weighted by Crippen LogP contribution is 2.33. The number of halogens is 1. The fourth-order valence-electron chi connectivity index (χ4n) is 5.29. The molecule has 1 aromatic heterocycles. The smallest absolute Gasteiger partial charge is 0.273 e. The summed E-state index contributed by atoms with van der Waals surface area (Å²) in [5, 5.41) is 3.08. The van der Waals surface area contributed by atoms with Crippen molar-refractivity contribution in [2.24, 2.45) is 0 Å². The Labute approximate surface area is 202 Å². The van der Waals surface area contributed by atoms with Gasteiger partial charge < -0.3 is 15.2 Å². The molecule has 2 fully saturated rings. The van der Waals surface area contributed by atoms with Crippen LogP contribution >= 0.6 is 0 Å². The lowest BCUT2D eigenvalue weighted by Crippen LogP contribution is -2.49. The number of H-pyrrole nitrogens is 1. The maximum atomic E-state index is 14.5. The SMILES string of the molecule is O=C1CCCC[C@H]2[C@@H](C[C@H](Cc3ccccc3F)N2C(=O)c2cc(=O)[nH]c(-c3ccccc3)n2)N1. The fourth-order valence-corrected chi connectivity index (χ4v) is 5.29. The highest BCUT2D eigenvalue weighted by molar-refractivity contribution is 5.93. The number of likely N-dealkylation sites (tertiary alicyclic amines) is 1. The van der Waals surface area contributed by atoms with Crippen molar-refractivity contribution in [1.29, 1.82) is 0 Å². The van der Waals surface area contributed by atoms with Crippen molar-refractivity contribution in [3.63, 3.8) is 0 Å². The first-order valence-corrected chi connectivity index (χ1v) is 12.0. The first-order valence-electron chi connectivity index (χ1n) is 12.0. The van der Waals surface area contributed by atoms with E-state index in [0.717, 1.165) is 19.3 Å². The van der Waals surface area contributed by atoms with Gasteiger partial charge in [-0.25, -0.2) is 9.37 Å². The Morgan fingerprint density at radius 1 is 1.06 bits per heavy atom. The summed E-state index contributed by atoms with van der Waals surface area (Å²) in [6, 6.07) is 16.1. The zero-order chi connectivity index (χ0) is 24.4. The summed E-state index contributed by atoms with van der Waals surface area (Å²) in [5.74, 6) is -0.418. The molecule has 3 aromatic rings. The Hall–Kier alpha value is -3.81. The zero-order valence-electron chi connectivity index (χ0n) is 19.2. The average Bonchev–Trinajstić information content (AvgIpc) is 3.17. The van der Waals surface area contributed by atoms with E-state index in [0.29, 0.717) is 36.2 Å². The van der Waals surface area contributed by atoms with E-state index >= 15 is 0 Å². The van der Waals surface area contributed by atoms with Crippen LogP contribution in [0.25, 0.3) is 11.4 Å². The summed E-state index contributed by atoms with van der Waals surface area (Å²) in [5.41, 5.74) is 0.828. The van der Waals surface area contributed by atoms with Crippen LogP contribution in [0, 0.1) is 5.82 Å². The first-order chi connectivity index (χ1) is 17.0. The molecule has 5 rings (SSSR count). The van der Waals surface area contributed by atoms with E-state index in [1.54, 1.807) is 23.1 Å². The third kappa shape index (κ3) is 4.87. The number of aromatic nitrogens is 2. The van der Waals surface area contributed by atoms with E-state index in [-0.39, 0.29) is 41.5 Å². The van der Waals surface area contributed by atoms with Crippen LogP contribution in [0.2, 0.25) is 0 Å². The summed E-state index contributed by atoms with van der Waals surface area (Å²) < 4.78 is 14.5. The van der Waals surface area contributed by atoms with Crippen molar-refractivity contribution in [3.05, 3.63) is 88.1 Å². The number of fused-ring (bicyclic) bond motifs is 1. The minimum atomic E-state index is -0.422. The number of carbonyl (C=O) groups is 2. The van der Waals surface area contributed by atoms with Crippen molar-refractivity contribution in [2.75, 3.05) is 0 Å². The molecule has 0 bridgehead atoms. The number of hydrogen-bond acceptors (Lipinski definition) is 4. The third-order valence-electron chi connectivity index (χ3n) is 6.90. The van der Waals surface area contributed by atoms with Gasteiger partial charge in [-0.2, -0.15) is 0 Å². The molecule has 0 saturated carbocycles. The van der Waals surface area contributed by atoms with Gasteiger partial charge in [0, 0.05) is 24.1 Å². The van der Waals surface area contributed by atoms with E-state index in [2.05, 4.69) is 15.3 Å². The van der Waals surface area contributed by atoms with Gasteiger partial charge in [0.1, 0.15) is 17.3 Å². The van der Waals surface area contributed by atoms with Gasteiger partial charge in [-0.15, -0.1) is 0 Å². The van der Waals surface area contributed by atoms with Crippen LogP contribution < -0.4 is 10.9 Å². The van der Waals surface area contributed by atoms with Gasteiger partial charge in [0.2, 0.25) is 5.91 Å². The van der Waals surface area contributed by atoms with Crippen molar-refractivity contribution >= 4 is 11.8 Å². The predicted octanol–water partition coefficient (Wildman–Crippen LogP) is 3.46. The first kappa shape index (κ1) is 23.0. The van der Waals surface area contributed by atoms with Crippen LogP contribution in [-0.2, 0) is 11.2 Å². The second-order valence-corrected chi connectivity index (χ2v) is 9.23. The van der Waals surface area contributed by atoms with Crippen molar-refractivity contribution in [1.82, 2.24) is 20.2 Å². The highest BCUT2D eigenvalue weighted by Gasteiger charge is 2.45. The molecule has 180 valence electrons. The molecule has 0 radical (unpaired) electrons. The Bertz CT molecular complexity index is 1290. The molecule has 2 amide bonds. The van der Waals surface area contributed by atoms with E-state index in [9.17, 15) is 18.8 Å². The van der Waals surface area contributed by atoms with Gasteiger partial charge in [0.05, 0.1) is 12.1 Å². The Morgan fingerprint density at radius 2 is 1.83 bits per heavy atom. The van der Waals surface area contributed by atoms with Crippen molar-refractivity contribution in [2.45, 2.75) is 56.7 Å². The highest BCUT2D eigenvalue weighted by atomic mass is 19.1. The van der Waals surface area contributed by atoms with Gasteiger partial charge >= 0.3 is 0 Å². The van der Waals surface area contributed by atoms with Crippen LogP contribution in [0.15, 0.2) is 65.5 Å². The number of carbonyl (C=O) groups excluding carboxylic acids is 2.